The minimum absolute atomic E-state index is 0.0712. The van der Waals surface area contributed by atoms with Crippen molar-refractivity contribution in [2.24, 2.45) is 0 Å². The van der Waals surface area contributed by atoms with Crippen molar-refractivity contribution in [3.63, 3.8) is 0 Å². The number of rotatable bonds is 4. The molecule has 21 heavy (non-hydrogen) atoms. The Hall–Kier alpha value is -1.95. The van der Waals surface area contributed by atoms with Crippen molar-refractivity contribution in [2.45, 2.75) is 25.7 Å². The first kappa shape index (κ1) is 15.4. The Morgan fingerprint density at radius 3 is 2.62 bits per heavy atom. The van der Waals surface area contributed by atoms with Gasteiger partial charge in [-0.3, -0.25) is 4.98 Å². The summed E-state index contributed by atoms with van der Waals surface area (Å²) in [5.74, 6) is -1.26. The number of hydrogen-bond acceptors (Lipinski definition) is 2. The molecule has 0 saturated carbocycles. The molecule has 0 radical (unpaired) electrons. The Labute approximate surface area is 119 Å². The molecular weight excluding hydrogens is 284 g/mol. The second-order valence-corrected chi connectivity index (χ2v) is 4.70. The number of aromatic nitrogens is 1. The molecule has 2 rings (SSSR count). The van der Waals surface area contributed by atoms with Crippen molar-refractivity contribution in [3.8, 4) is 0 Å². The zero-order valence-electron chi connectivity index (χ0n) is 11.3. The Morgan fingerprint density at radius 2 is 2.00 bits per heavy atom. The molecule has 0 fully saturated rings. The van der Waals surface area contributed by atoms with Crippen LogP contribution in [-0.2, 0) is 12.7 Å². The predicted molar refractivity (Wildman–Crippen MR) is 70.9 cm³/mol. The summed E-state index contributed by atoms with van der Waals surface area (Å²) in [5, 5.41) is 3.08. The smallest absolute Gasteiger partial charge is 0.306 e. The molecule has 0 amide bonds. The summed E-state index contributed by atoms with van der Waals surface area (Å²) in [7, 11) is 0. The summed E-state index contributed by atoms with van der Waals surface area (Å²) in [6.45, 7) is 2.09. The fourth-order valence-electron chi connectivity index (χ4n) is 1.92. The summed E-state index contributed by atoms with van der Waals surface area (Å²) >= 11 is 0. The maximum atomic E-state index is 13.2. The summed E-state index contributed by atoms with van der Waals surface area (Å²) in [5.41, 5.74) is 0.0611. The standard InChI is InChI=1S/C15H14F4N2/c1-10(12-3-2-6-20-9-12)21-8-11-4-5-14(16)13(7-11)15(17,18)19/h2-7,9-10,21H,8H2,1H3/t10-/m1/s1. The lowest BCUT2D eigenvalue weighted by Gasteiger charge is -2.15. The maximum Gasteiger partial charge on any atom is 0.419 e. The molecule has 112 valence electrons. The van der Waals surface area contributed by atoms with Crippen LogP contribution in [0.2, 0.25) is 0 Å². The highest BCUT2D eigenvalue weighted by atomic mass is 19.4. The number of halogens is 4. The fraction of sp³-hybridized carbons (Fsp3) is 0.267. The van der Waals surface area contributed by atoms with E-state index in [0.29, 0.717) is 5.56 Å². The molecule has 0 unspecified atom stereocenters. The summed E-state index contributed by atoms with van der Waals surface area (Å²) in [6.07, 6.45) is -1.36. The highest BCUT2D eigenvalue weighted by molar-refractivity contribution is 5.27. The van der Waals surface area contributed by atoms with Crippen molar-refractivity contribution in [1.29, 1.82) is 0 Å². The molecule has 1 heterocycles. The van der Waals surface area contributed by atoms with Crippen LogP contribution in [-0.4, -0.2) is 4.98 Å². The van der Waals surface area contributed by atoms with Gasteiger partial charge in [0.25, 0.3) is 0 Å². The highest BCUT2D eigenvalue weighted by Gasteiger charge is 2.34. The lowest BCUT2D eigenvalue weighted by molar-refractivity contribution is -0.140. The first-order valence-electron chi connectivity index (χ1n) is 6.37. The number of hydrogen-bond donors (Lipinski definition) is 1. The molecule has 6 heteroatoms. The summed E-state index contributed by atoms with van der Waals surface area (Å²) in [6, 6.07) is 6.60. The molecule has 2 aromatic rings. The van der Waals surface area contributed by atoms with Crippen LogP contribution in [0.25, 0.3) is 0 Å². The van der Waals surface area contributed by atoms with Crippen LogP contribution in [0.1, 0.15) is 29.7 Å². The molecule has 0 saturated heterocycles. The van der Waals surface area contributed by atoms with Crippen molar-refractivity contribution < 1.29 is 17.6 Å². The third-order valence-electron chi connectivity index (χ3n) is 3.13. The van der Waals surface area contributed by atoms with E-state index in [0.717, 1.165) is 17.7 Å². The fourth-order valence-corrected chi connectivity index (χ4v) is 1.92. The molecule has 1 aromatic carbocycles. The zero-order valence-corrected chi connectivity index (χ0v) is 11.3. The van der Waals surface area contributed by atoms with Crippen LogP contribution >= 0.6 is 0 Å². The maximum absolute atomic E-state index is 13.2. The van der Waals surface area contributed by atoms with Crippen molar-refractivity contribution in [2.75, 3.05) is 0 Å². The Bertz CT molecular complexity index is 596. The molecule has 1 N–H and O–H groups in total. The number of benzene rings is 1. The summed E-state index contributed by atoms with van der Waals surface area (Å²) in [4.78, 5) is 3.98. The third kappa shape index (κ3) is 4.01. The van der Waals surface area contributed by atoms with Crippen LogP contribution in [0, 0.1) is 5.82 Å². The zero-order chi connectivity index (χ0) is 15.5. The Balaban J connectivity index is 2.07. The van der Waals surface area contributed by atoms with Crippen molar-refractivity contribution in [1.82, 2.24) is 10.3 Å². The van der Waals surface area contributed by atoms with E-state index >= 15 is 0 Å². The third-order valence-corrected chi connectivity index (χ3v) is 3.13. The molecule has 1 aromatic heterocycles. The monoisotopic (exact) mass is 298 g/mol. The van der Waals surface area contributed by atoms with E-state index in [-0.39, 0.29) is 12.6 Å². The van der Waals surface area contributed by atoms with E-state index in [9.17, 15) is 17.6 Å². The van der Waals surface area contributed by atoms with Gasteiger partial charge in [-0.15, -0.1) is 0 Å². The average Bonchev–Trinajstić information content (AvgIpc) is 2.45. The molecule has 0 bridgehead atoms. The second kappa shape index (κ2) is 6.22. The van der Waals surface area contributed by atoms with E-state index in [2.05, 4.69) is 10.3 Å². The minimum Gasteiger partial charge on any atom is -0.306 e. The van der Waals surface area contributed by atoms with E-state index in [4.69, 9.17) is 0 Å². The summed E-state index contributed by atoms with van der Waals surface area (Å²) < 4.78 is 51.1. The van der Waals surface area contributed by atoms with Gasteiger partial charge in [0.2, 0.25) is 0 Å². The van der Waals surface area contributed by atoms with E-state index in [1.807, 2.05) is 13.0 Å². The molecule has 0 aliphatic heterocycles. The van der Waals surface area contributed by atoms with Gasteiger partial charge < -0.3 is 5.32 Å². The predicted octanol–water partition coefficient (Wildman–Crippen LogP) is 4.09. The van der Waals surface area contributed by atoms with Gasteiger partial charge in [-0.1, -0.05) is 12.1 Å². The van der Waals surface area contributed by atoms with E-state index < -0.39 is 17.6 Å². The van der Waals surface area contributed by atoms with Crippen molar-refractivity contribution in [3.05, 3.63) is 65.2 Å². The van der Waals surface area contributed by atoms with Gasteiger partial charge in [-0.05, 0) is 36.2 Å². The SMILES string of the molecule is C[C@@H](NCc1ccc(F)c(C(F)(F)F)c1)c1cccnc1. The molecule has 2 nitrogen and oxygen atoms in total. The van der Waals surface area contributed by atoms with Gasteiger partial charge in [0.15, 0.2) is 0 Å². The van der Waals surface area contributed by atoms with E-state index in [1.165, 1.54) is 6.07 Å². The van der Waals surface area contributed by atoms with Gasteiger partial charge in [0, 0.05) is 25.0 Å². The minimum atomic E-state index is -4.69. The van der Waals surface area contributed by atoms with Gasteiger partial charge in [0.05, 0.1) is 5.56 Å². The molecule has 1 atom stereocenters. The first-order valence-corrected chi connectivity index (χ1v) is 6.37. The van der Waals surface area contributed by atoms with Gasteiger partial charge in [0.1, 0.15) is 5.82 Å². The lowest BCUT2D eigenvalue weighted by atomic mass is 10.1. The van der Waals surface area contributed by atoms with Crippen LogP contribution in [0.3, 0.4) is 0 Å². The Morgan fingerprint density at radius 1 is 1.24 bits per heavy atom. The quantitative estimate of drug-likeness (QED) is 0.860. The Kier molecular flexibility index (Phi) is 4.57. The largest absolute Gasteiger partial charge is 0.419 e. The van der Waals surface area contributed by atoms with Crippen LogP contribution in [0.5, 0.6) is 0 Å². The molecule has 0 aliphatic rings. The number of nitrogens with zero attached hydrogens (tertiary/aromatic N) is 1. The lowest BCUT2D eigenvalue weighted by Crippen LogP contribution is -2.19. The van der Waals surface area contributed by atoms with E-state index in [1.54, 1.807) is 18.5 Å². The molecular formula is C15H14F4N2. The van der Waals surface area contributed by atoms with Gasteiger partial charge >= 0.3 is 6.18 Å². The first-order chi connectivity index (χ1) is 9.88. The number of pyridine rings is 1. The molecule has 0 aliphatic carbocycles. The number of nitrogens with one attached hydrogen (secondary N) is 1. The molecule has 0 spiro atoms. The van der Waals surface area contributed by atoms with Gasteiger partial charge in [-0.25, -0.2) is 4.39 Å². The number of alkyl halides is 3. The van der Waals surface area contributed by atoms with Gasteiger partial charge in [-0.2, -0.15) is 13.2 Å². The average molecular weight is 298 g/mol. The van der Waals surface area contributed by atoms with Crippen molar-refractivity contribution >= 4 is 0 Å². The van der Waals surface area contributed by atoms with Crippen LogP contribution in [0.15, 0.2) is 42.7 Å². The highest BCUT2D eigenvalue weighted by Crippen LogP contribution is 2.31. The topological polar surface area (TPSA) is 24.9 Å². The second-order valence-electron chi connectivity index (χ2n) is 4.70. The normalized spacial score (nSPS) is 13.2. The van der Waals surface area contributed by atoms with Crippen LogP contribution in [0.4, 0.5) is 17.6 Å². The van der Waals surface area contributed by atoms with Crippen LogP contribution < -0.4 is 5.32 Å².